The van der Waals surface area contributed by atoms with E-state index in [1.807, 2.05) is 13.8 Å². The lowest BCUT2D eigenvalue weighted by Gasteiger charge is -2.38. The summed E-state index contributed by atoms with van der Waals surface area (Å²) >= 11 is 6.60. The second kappa shape index (κ2) is 7.75. The van der Waals surface area contributed by atoms with Gasteiger partial charge in [-0.25, -0.2) is 0 Å². The Hall–Kier alpha value is -2.47. The molecular formula is C22H24ClNO5. The van der Waals surface area contributed by atoms with Crippen LogP contribution in [0.2, 0.25) is 5.02 Å². The Morgan fingerprint density at radius 3 is 2.79 bits per heavy atom. The van der Waals surface area contributed by atoms with Crippen molar-refractivity contribution in [2.24, 2.45) is 5.92 Å². The van der Waals surface area contributed by atoms with Crippen molar-refractivity contribution in [2.45, 2.75) is 51.6 Å². The van der Waals surface area contributed by atoms with E-state index >= 15 is 0 Å². The number of carbonyl (C=O) groups excluding carboxylic acids is 2. The maximum Gasteiger partial charge on any atom is 0.316 e. The van der Waals surface area contributed by atoms with Gasteiger partial charge in [0.1, 0.15) is 5.92 Å². The predicted molar refractivity (Wildman–Crippen MR) is 108 cm³/mol. The highest BCUT2D eigenvalue weighted by Crippen LogP contribution is 2.49. The third kappa shape index (κ3) is 3.50. The van der Waals surface area contributed by atoms with Crippen molar-refractivity contribution >= 4 is 23.4 Å². The van der Waals surface area contributed by atoms with Gasteiger partial charge >= 0.3 is 5.97 Å². The number of rotatable bonds is 4. The fourth-order valence-corrected chi connectivity index (χ4v) is 4.40. The van der Waals surface area contributed by atoms with Crippen molar-refractivity contribution in [3.63, 3.8) is 0 Å². The van der Waals surface area contributed by atoms with E-state index in [2.05, 4.69) is 11.9 Å². The number of esters is 1. The Balaban J connectivity index is 1.85. The monoisotopic (exact) mass is 417 g/mol. The number of carbonyl (C=O) groups is 2. The van der Waals surface area contributed by atoms with Crippen LogP contribution in [0, 0.1) is 5.92 Å². The summed E-state index contributed by atoms with van der Waals surface area (Å²) in [4.78, 5) is 26.1. The number of ketones is 1. The van der Waals surface area contributed by atoms with E-state index in [0.717, 1.165) is 18.5 Å². The van der Waals surface area contributed by atoms with Crippen LogP contribution in [0.1, 0.15) is 51.0 Å². The van der Waals surface area contributed by atoms with Gasteiger partial charge in [-0.1, -0.05) is 25.1 Å². The average molecular weight is 418 g/mol. The van der Waals surface area contributed by atoms with E-state index in [-0.39, 0.29) is 18.7 Å². The Morgan fingerprint density at radius 1 is 1.34 bits per heavy atom. The van der Waals surface area contributed by atoms with Crippen molar-refractivity contribution in [3.05, 3.63) is 46.3 Å². The molecule has 0 fully saturated rings. The lowest BCUT2D eigenvalue weighted by atomic mass is 9.71. The quantitative estimate of drug-likeness (QED) is 0.739. The van der Waals surface area contributed by atoms with E-state index in [1.54, 1.807) is 12.1 Å². The molecule has 2 aliphatic heterocycles. The van der Waals surface area contributed by atoms with Gasteiger partial charge in [0.25, 0.3) is 0 Å². The zero-order valence-electron chi connectivity index (χ0n) is 16.5. The summed E-state index contributed by atoms with van der Waals surface area (Å²) in [5.74, 6) is -0.637. The largest absolute Gasteiger partial charge is 0.462 e. The van der Waals surface area contributed by atoms with Gasteiger partial charge in [0.05, 0.1) is 6.10 Å². The van der Waals surface area contributed by atoms with E-state index in [1.165, 1.54) is 0 Å². The van der Waals surface area contributed by atoms with Gasteiger partial charge in [-0.3, -0.25) is 9.59 Å². The zero-order valence-corrected chi connectivity index (χ0v) is 17.3. The zero-order chi connectivity index (χ0) is 20.7. The summed E-state index contributed by atoms with van der Waals surface area (Å²) in [5.41, 5.74) is 2.57. The first-order valence-electron chi connectivity index (χ1n) is 9.92. The van der Waals surface area contributed by atoms with Crippen molar-refractivity contribution in [1.82, 2.24) is 5.32 Å². The van der Waals surface area contributed by atoms with Crippen molar-refractivity contribution in [2.75, 3.05) is 6.79 Å². The average Bonchev–Trinajstić information content (AvgIpc) is 3.13. The second-order valence-corrected chi connectivity index (χ2v) is 8.06. The first-order chi connectivity index (χ1) is 13.9. The highest BCUT2D eigenvalue weighted by Gasteiger charge is 2.45. The number of hydrogen-bond donors (Lipinski definition) is 1. The predicted octanol–water partition coefficient (Wildman–Crippen LogP) is 4.23. The summed E-state index contributed by atoms with van der Waals surface area (Å²) in [6.07, 6.45) is 2.40. The molecule has 0 radical (unpaired) electrons. The standard InChI is InChI=1S/C22H24ClNO5/c1-4-11(2)29-22(26)19-12(3)24-15-6-5-7-16(25)21(15)20(19)13-8-17-18(9-14(13)23)28-10-27-17/h8-9,11,19-20,24H,3-7,10H2,1-2H3. The number of halogens is 1. The van der Waals surface area contributed by atoms with Crippen LogP contribution in [0.3, 0.4) is 0 Å². The Bertz CT molecular complexity index is 922. The number of fused-ring (bicyclic) bond motifs is 1. The van der Waals surface area contributed by atoms with Crippen molar-refractivity contribution in [1.29, 1.82) is 0 Å². The normalized spacial score (nSPS) is 24.1. The van der Waals surface area contributed by atoms with E-state index in [4.69, 9.17) is 25.8 Å². The molecule has 1 N–H and O–H groups in total. The van der Waals surface area contributed by atoms with E-state index in [0.29, 0.717) is 46.2 Å². The molecule has 1 aromatic carbocycles. The summed E-state index contributed by atoms with van der Waals surface area (Å²) in [7, 11) is 0. The Kier molecular flexibility index (Phi) is 5.30. The highest BCUT2D eigenvalue weighted by atomic mass is 35.5. The maximum absolute atomic E-state index is 13.1. The van der Waals surface area contributed by atoms with E-state index < -0.39 is 17.8 Å². The topological polar surface area (TPSA) is 73.9 Å². The SMILES string of the molecule is C=C1NC2=C(C(=O)CCC2)C(c2cc3c(cc2Cl)OCO3)C1C(=O)OC(C)CC. The molecular weight excluding hydrogens is 394 g/mol. The number of nitrogens with one attached hydrogen (secondary N) is 1. The lowest BCUT2D eigenvalue weighted by Crippen LogP contribution is -2.41. The minimum atomic E-state index is -0.761. The van der Waals surface area contributed by atoms with Gasteiger partial charge in [-0.2, -0.15) is 0 Å². The Labute approximate surface area is 174 Å². The minimum Gasteiger partial charge on any atom is -0.462 e. The molecule has 6 nitrogen and oxygen atoms in total. The van der Waals surface area contributed by atoms with Crippen LogP contribution < -0.4 is 14.8 Å². The minimum absolute atomic E-state index is 0.0197. The molecule has 0 spiro atoms. The van der Waals surface area contributed by atoms with Crippen molar-refractivity contribution in [3.8, 4) is 11.5 Å². The van der Waals surface area contributed by atoms with Crippen LogP contribution >= 0.6 is 11.6 Å². The number of benzene rings is 1. The maximum atomic E-state index is 13.1. The van der Waals surface area contributed by atoms with Crippen molar-refractivity contribution < 1.29 is 23.8 Å². The lowest BCUT2D eigenvalue weighted by molar-refractivity contribution is -0.152. The molecule has 3 atom stereocenters. The van der Waals surface area contributed by atoms with E-state index in [9.17, 15) is 9.59 Å². The highest BCUT2D eigenvalue weighted by molar-refractivity contribution is 6.31. The van der Waals surface area contributed by atoms with Crippen LogP contribution in [0.4, 0.5) is 0 Å². The molecule has 3 aliphatic rings. The summed E-state index contributed by atoms with van der Waals surface area (Å²) in [6, 6.07) is 3.44. The van der Waals surface area contributed by atoms with Crippen LogP contribution in [-0.2, 0) is 14.3 Å². The van der Waals surface area contributed by atoms with Crippen LogP contribution in [0.15, 0.2) is 35.7 Å². The summed E-state index contributed by atoms with van der Waals surface area (Å²) < 4.78 is 16.6. The van der Waals surface area contributed by atoms with Gasteiger partial charge in [-0.15, -0.1) is 0 Å². The number of hydrogen-bond acceptors (Lipinski definition) is 6. The summed E-state index contributed by atoms with van der Waals surface area (Å²) in [6.45, 7) is 7.99. The smallest absolute Gasteiger partial charge is 0.316 e. The first kappa shape index (κ1) is 19.8. The third-order valence-electron chi connectivity index (χ3n) is 5.76. The third-order valence-corrected chi connectivity index (χ3v) is 6.09. The van der Waals surface area contributed by atoms with Gasteiger partial charge < -0.3 is 19.5 Å². The number of Topliss-reactive ketones (excluding diaryl/α,β-unsaturated/α-hetero) is 1. The molecule has 0 saturated carbocycles. The van der Waals surface area contributed by atoms with Gasteiger partial charge in [0.15, 0.2) is 17.3 Å². The van der Waals surface area contributed by atoms with Crippen LogP contribution in [0.25, 0.3) is 0 Å². The first-order valence-corrected chi connectivity index (χ1v) is 10.3. The van der Waals surface area contributed by atoms with Crippen LogP contribution in [-0.4, -0.2) is 24.6 Å². The molecule has 0 saturated heterocycles. The molecule has 0 amide bonds. The molecule has 4 rings (SSSR count). The summed E-state index contributed by atoms with van der Waals surface area (Å²) in [5, 5.41) is 3.62. The fraction of sp³-hybridized carbons (Fsp3) is 0.455. The molecule has 7 heteroatoms. The molecule has 29 heavy (non-hydrogen) atoms. The molecule has 1 aliphatic carbocycles. The Morgan fingerprint density at radius 2 is 2.07 bits per heavy atom. The van der Waals surface area contributed by atoms with Gasteiger partial charge in [0, 0.05) is 40.4 Å². The van der Waals surface area contributed by atoms with Gasteiger partial charge in [0.2, 0.25) is 6.79 Å². The fourth-order valence-electron chi connectivity index (χ4n) is 4.13. The molecule has 0 aromatic heterocycles. The molecule has 1 aromatic rings. The number of ether oxygens (including phenoxy) is 3. The number of allylic oxidation sites excluding steroid dienone is 2. The van der Waals surface area contributed by atoms with Crippen LogP contribution in [0.5, 0.6) is 11.5 Å². The molecule has 2 heterocycles. The second-order valence-electron chi connectivity index (χ2n) is 7.66. The molecule has 0 bridgehead atoms. The van der Waals surface area contributed by atoms with Gasteiger partial charge in [-0.05, 0) is 37.8 Å². The molecule has 3 unspecified atom stereocenters. The molecule has 154 valence electrons.